The fraction of sp³-hybridized carbons (Fsp3) is 0.312. The summed E-state index contributed by atoms with van der Waals surface area (Å²) in [7, 11) is 0. The van der Waals surface area contributed by atoms with Crippen LogP contribution in [0.25, 0.3) is 0 Å². The minimum absolute atomic E-state index is 0.00701. The quantitative estimate of drug-likeness (QED) is 0.620. The Morgan fingerprint density at radius 2 is 2.05 bits per heavy atom. The molecule has 0 bridgehead atoms. The molecule has 0 saturated carbocycles. The Morgan fingerprint density at radius 1 is 1.32 bits per heavy atom. The van der Waals surface area contributed by atoms with Crippen molar-refractivity contribution in [1.29, 1.82) is 0 Å². The van der Waals surface area contributed by atoms with E-state index in [9.17, 15) is 9.59 Å². The lowest BCUT2D eigenvalue weighted by Crippen LogP contribution is -2.27. The van der Waals surface area contributed by atoms with Crippen LogP contribution >= 0.6 is 0 Å². The molecular weight excluding hydrogens is 284 g/mol. The molecule has 0 aliphatic carbocycles. The van der Waals surface area contributed by atoms with Gasteiger partial charge < -0.3 is 15.2 Å². The second-order valence-electron chi connectivity index (χ2n) is 4.77. The molecule has 1 aliphatic rings. The number of benzene rings is 1. The number of rotatable bonds is 6. The van der Waals surface area contributed by atoms with Crippen LogP contribution in [0.5, 0.6) is 0 Å². The third-order valence-corrected chi connectivity index (χ3v) is 3.03. The molecule has 116 valence electrons. The predicted octanol–water partition coefficient (Wildman–Crippen LogP) is 0.772. The van der Waals surface area contributed by atoms with Gasteiger partial charge in [0.1, 0.15) is 6.04 Å². The molecule has 0 spiro atoms. The number of carbonyl (C=O) groups is 2. The summed E-state index contributed by atoms with van der Waals surface area (Å²) < 4.78 is 11.9. The summed E-state index contributed by atoms with van der Waals surface area (Å²) >= 11 is 0. The largest absolute Gasteiger partial charge is 0.463 e. The van der Waals surface area contributed by atoms with E-state index < -0.39 is 18.0 Å². The van der Waals surface area contributed by atoms with E-state index in [0.29, 0.717) is 5.56 Å². The van der Waals surface area contributed by atoms with Crippen LogP contribution in [-0.4, -0.2) is 41.9 Å². The van der Waals surface area contributed by atoms with Crippen LogP contribution in [0.2, 0.25) is 0 Å². The first-order valence-electron chi connectivity index (χ1n) is 7.06. The van der Waals surface area contributed by atoms with E-state index in [0.717, 1.165) is 0 Å². The smallest absolute Gasteiger partial charge is 0.373 e. The van der Waals surface area contributed by atoms with Crippen molar-refractivity contribution in [3.05, 3.63) is 48.2 Å². The van der Waals surface area contributed by atoms with Crippen molar-refractivity contribution in [3.63, 3.8) is 0 Å². The van der Waals surface area contributed by atoms with Gasteiger partial charge in [-0.25, -0.2) is 9.59 Å². The molecule has 2 atom stereocenters. The molecule has 6 nitrogen and oxygen atoms in total. The molecule has 22 heavy (non-hydrogen) atoms. The average molecular weight is 303 g/mol. The maximum atomic E-state index is 12.0. The Bertz CT molecular complexity index is 595. The number of carbonyl (C=O) groups excluding carboxylic acids is 2. The van der Waals surface area contributed by atoms with Gasteiger partial charge in [-0.1, -0.05) is 30.3 Å². The van der Waals surface area contributed by atoms with Crippen LogP contribution in [0.1, 0.15) is 18.6 Å². The van der Waals surface area contributed by atoms with E-state index in [2.05, 4.69) is 0 Å². The van der Waals surface area contributed by atoms with Gasteiger partial charge in [0.15, 0.2) is 12.4 Å². The zero-order valence-corrected chi connectivity index (χ0v) is 12.3. The highest BCUT2D eigenvalue weighted by molar-refractivity contribution is 5.81. The number of esters is 2. The molecule has 6 heteroatoms. The van der Waals surface area contributed by atoms with Crippen LogP contribution in [0, 0.1) is 0 Å². The lowest BCUT2D eigenvalue weighted by atomic mass is 10.1. The molecule has 1 aliphatic heterocycles. The third kappa shape index (κ3) is 4.26. The summed E-state index contributed by atoms with van der Waals surface area (Å²) in [6, 6.07) is 8.58. The number of ether oxygens (including phenoxy) is 2. The maximum Gasteiger partial charge on any atom is 0.373 e. The first kappa shape index (κ1) is 15.9. The van der Waals surface area contributed by atoms with E-state index in [1.165, 1.54) is 0 Å². The average Bonchev–Trinajstić information content (AvgIpc) is 2.91. The first-order chi connectivity index (χ1) is 10.6. The molecule has 1 aromatic carbocycles. The van der Waals surface area contributed by atoms with Crippen LogP contribution in [-0.2, 0) is 19.1 Å². The summed E-state index contributed by atoms with van der Waals surface area (Å²) in [4.78, 5) is 24.0. The fourth-order valence-electron chi connectivity index (χ4n) is 2.05. The molecule has 0 fully saturated rings. The lowest BCUT2D eigenvalue weighted by molar-refractivity contribution is -0.440. The molecule has 0 saturated heterocycles. The Labute approximate surface area is 128 Å². The lowest BCUT2D eigenvalue weighted by Gasteiger charge is -2.16. The van der Waals surface area contributed by atoms with Crippen molar-refractivity contribution in [2.45, 2.75) is 19.1 Å². The van der Waals surface area contributed by atoms with Gasteiger partial charge in [-0.05, 0) is 6.92 Å². The molecule has 2 rings (SSSR count). The highest BCUT2D eigenvalue weighted by Gasteiger charge is 2.28. The second-order valence-corrected chi connectivity index (χ2v) is 4.77. The summed E-state index contributed by atoms with van der Waals surface area (Å²) in [6.45, 7) is 1.91. The van der Waals surface area contributed by atoms with E-state index in [-0.39, 0.29) is 19.2 Å². The number of nitrogens with zero attached hydrogens (tertiary/aromatic N) is 1. The van der Waals surface area contributed by atoms with Gasteiger partial charge in [-0.3, -0.25) is 0 Å². The molecule has 2 N–H and O–H groups in total. The third-order valence-electron chi connectivity index (χ3n) is 3.03. The Kier molecular flexibility index (Phi) is 5.43. The van der Waals surface area contributed by atoms with E-state index in [1.807, 2.05) is 6.07 Å². The zero-order chi connectivity index (χ0) is 15.9. The van der Waals surface area contributed by atoms with Crippen molar-refractivity contribution in [1.82, 2.24) is 0 Å². The monoisotopic (exact) mass is 303 g/mol. The SMILES string of the molecule is CCOC(=O)[C@@H](OC(=O)C[N+]1=CC(N)C=C1)c1ccccc1. The Morgan fingerprint density at radius 3 is 2.64 bits per heavy atom. The van der Waals surface area contributed by atoms with Gasteiger partial charge in [-0.2, -0.15) is 4.58 Å². The van der Waals surface area contributed by atoms with Crippen LogP contribution in [0.3, 0.4) is 0 Å². The molecule has 0 aromatic heterocycles. The van der Waals surface area contributed by atoms with Gasteiger partial charge in [-0.15, -0.1) is 0 Å². The first-order valence-corrected chi connectivity index (χ1v) is 7.06. The highest BCUT2D eigenvalue weighted by Crippen LogP contribution is 2.19. The number of hydrogen-bond donors (Lipinski definition) is 1. The zero-order valence-electron chi connectivity index (χ0n) is 12.3. The van der Waals surface area contributed by atoms with Crippen molar-refractivity contribution >= 4 is 18.2 Å². The number of hydrogen-bond acceptors (Lipinski definition) is 5. The van der Waals surface area contributed by atoms with Gasteiger partial charge in [0.25, 0.3) is 0 Å². The maximum absolute atomic E-state index is 12.0. The van der Waals surface area contributed by atoms with Gasteiger partial charge in [0.05, 0.1) is 6.61 Å². The van der Waals surface area contributed by atoms with Crippen molar-refractivity contribution < 1.29 is 23.6 Å². The van der Waals surface area contributed by atoms with E-state index >= 15 is 0 Å². The van der Waals surface area contributed by atoms with Gasteiger partial charge >= 0.3 is 11.9 Å². The standard InChI is InChI=1S/C16H19N2O4/c1-2-21-16(20)15(12-6-4-3-5-7-12)22-14(19)11-18-9-8-13(17)10-18/h3-10,13,15H,2,11,17H2,1H3/q+1/t13?,15-/m0/s1. The molecule has 1 unspecified atom stereocenters. The summed E-state index contributed by atoms with van der Waals surface area (Å²) in [5, 5.41) is 0. The van der Waals surface area contributed by atoms with Crippen molar-refractivity contribution in [2.24, 2.45) is 5.73 Å². The minimum Gasteiger partial charge on any atom is -0.463 e. The fourth-order valence-corrected chi connectivity index (χ4v) is 2.05. The van der Waals surface area contributed by atoms with E-state index in [1.54, 1.807) is 54.3 Å². The topological polar surface area (TPSA) is 81.6 Å². The summed E-state index contributed by atoms with van der Waals surface area (Å²) in [6.07, 6.45) is 4.10. The van der Waals surface area contributed by atoms with Crippen molar-refractivity contribution in [3.8, 4) is 0 Å². The molecule has 1 aromatic rings. The molecule has 1 heterocycles. The van der Waals surface area contributed by atoms with Gasteiger partial charge in [0.2, 0.25) is 12.6 Å². The van der Waals surface area contributed by atoms with Gasteiger partial charge in [0, 0.05) is 11.6 Å². The molecular formula is C16H19N2O4+. The normalized spacial score (nSPS) is 17.7. The molecule has 0 radical (unpaired) electrons. The summed E-state index contributed by atoms with van der Waals surface area (Å²) in [5.74, 6) is -1.11. The second kappa shape index (κ2) is 7.51. The van der Waals surface area contributed by atoms with Crippen LogP contribution < -0.4 is 5.73 Å². The van der Waals surface area contributed by atoms with Crippen molar-refractivity contribution in [2.75, 3.05) is 13.2 Å². The Balaban J connectivity index is 2.06. The predicted molar refractivity (Wildman–Crippen MR) is 80.2 cm³/mol. The van der Waals surface area contributed by atoms with Crippen LogP contribution in [0.15, 0.2) is 42.6 Å². The number of nitrogens with two attached hydrogens (primary N) is 1. The highest BCUT2D eigenvalue weighted by atomic mass is 16.6. The molecule has 0 amide bonds. The van der Waals surface area contributed by atoms with E-state index in [4.69, 9.17) is 15.2 Å². The summed E-state index contributed by atoms with van der Waals surface area (Å²) in [5.41, 5.74) is 6.25. The van der Waals surface area contributed by atoms with Crippen LogP contribution in [0.4, 0.5) is 0 Å². The Hall–Kier alpha value is -2.47. The minimum atomic E-state index is -1.06.